The van der Waals surface area contributed by atoms with E-state index in [0.717, 1.165) is 5.92 Å². The summed E-state index contributed by atoms with van der Waals surface area (Å²) in [5, 5.41) is 1.17. The smallest absolute Gasteiger partial charge is 0.0100 e. The zero-order valence-electron chi connectivity index (χ0n) is 12.7. The minimum absolute atomic E-state index is 0.525. The average Bonchev–Trinajstić information content (AvgIpc) is 2.55. The quantitative estimate of drug-likeness (QED) is 0.591. The van der Waals surface area contributed by atoms with E-state index in [-0.39, 0.29) is 0 Å². The van der Waals surface area contributed by atoms with Gasteiger partial charge in [0.25, 0.3) is 0 Å². The minimum atomic E-state index is 0.525. The summed E-state index contributed by atoms with van der Waals surface area (Å²) in [5.41, 5.74) is 0.525. The third kappa shape index (κ3) is 5.21. The molecule has 0 aromatic carbocycles. The molecule has 0 saturated carbocycles. The summed E-state index contributed by atoms with van der Waals surface area (Å²) in [4.78, 5) is 2.75. The Bertz CT molecular complexity index is 211. The van der Waals surface area contributed by atoms with Crippen LogP contribution in [0.2, 0.25) is 0 Å². The Kier molecular flexibility index (Phi) is 7.86. The Labute approximate surface area is 123 Å². The highest BCUT2D eigenvalue weighted by Gasteiger charge is 2.30. The fourth-order valence-corrected chi connectivity index (χ4v) is 4.21. The summed E-state index contributed by atoms with van der Waals surface area (Å²) < 4.78 is 0. The van der Waals surface area contributed by atoms with Crippen LogP contribution in [-0.2, 0) is 0 Å². The van der Waals surface area contributed by atoms with E-state index in [1.807, 2.05) is 0 Å². The van der Waals surface area contributed by atoms with E-state index in [9.17, 15) is 0 Å². The topological polar surface area (TPSA) is 3.24 Å². The summed E-state index contributed by atoms with van der Waals surface area (Å²) in [6, 6.07) is 0. The number of halogens is 1. The van der Waals surface area contributed by atoms with E-state index in [1.54, 1.807) is 0 Å². The van der Waals surface area contributed by atoms with Crippen molar-refractivity contribution in [3.8, 4) is 0 Å². The zero-order chi connectivity index (χ0) is 13.4. The predicted molar refractivity (Wildman–Crippen MR) is 85.5 cm³/mol. The number of alkyl halides is 1. The van der Waals surface area contributed by atoms with Crippen LogP contribution in [-0.4, -0.2) is 29.9 Å². The molecule has 0 amide bonds. The molecule has 1 rings (SSSR count). The lowest BCUT2D eigenvalue weighted by atomic mass is 9.80. The standard InChI is InChI=1S/C16H32BrN/c1-4-9-16(13-17,10-5-2)14-18-11-6-7-15(3)8-12-18/h15H,4-14H2,1-3H3. The molecule has 0 radical (unpaired) electrons. The van der Waals surface area contributed by atoms with Crippen LogP contribution in [0.5, 0.6) is 0 Å². The van der Waals surface area contributed by atoms with Crippen molar-refractivity contribution in [1.29, 1.82) is 0 Å². The normalized spacial score (nSPS) is 23.0. The van der Waals surface area contributed by atoms with E-state index in [4.69, 9.17) is 0 Å². The van der Waals surface area contributed by atoms with Crippen molar-refractivity contribution < 1.29 is 0 Å². The zero-order valence-corrected chi connectivity index (χ0v) is 14.3. The molecule has 1 heterocycles. The van der Waals surface area contributed by atoms with Gasteiger partial charge in [0.1, 0.15) is 0 Å². The van der Waals surface area contributed by atoms with Gasteiger partial charge >= 0.3 is 0 Å². The molecule has 1 aliphatic rings. The van der Waals surface area contributed by atoms with Gasteiger partial charge in [-0.25, -0.2) is 0 Å². The molecule has 1 nitrogen and oxygen atoms in total. The van der Waals surface area contributed by atoms with Gasteiger partial charge in [-0.15, -0.1) is 0 Å². The van der Waals surface area contributed by atoms with Crippen LogP contribution in [0.4, 0.5) is 0 Å². The molecule has 2 heteroatoms. The molecular formula is C16H32BrN. The van der Waals surface area contributed by atoms with Crippen LogP contribution in [0.25, 0.3) is 0 Å². The van der Waals surface area contributed by atoms with Crippen molar-refractivity contribution >= 4 is 15.9 Å². The summed E-state index contributed by atoms with van der Waals surface area (Å²) >= 11 is 3.81. The first-order valence-electron chi connectivity index (χ1n) is 7.94. The minimum Gasteiger partial charge on any atom is -0.303 e. The number of hydrogen-bond acceptors (Lipinski definition) is 1. The van der Waals surface area contributed by atoms with Crippen molar-refractivity contribution in [3.63, 3.8) is 0 Å². The predicted octanol–water partition coefficient (Wildman–Crippen LogP) is 5.09. The van der Waals surface area contributed by atoms with E-state index in [2.05, 4.69) is 41.6 Å². The van der Waals surface area contributed by atoms with E-state index >= 15 is 0 Å². The van der Waals surface area contributed by atoms with Crippen molar-refractivity contribution in [3.05, 3.63) is 0 Å². The molecule has 1 aliphatic heterocycles. The van der Waals surface area contributed by atoms with E-state index in [0.29, 0.717) is 5.41 Å². The maximum Gasteiger partial charge on any atom is 0.0100 e. The number of hydrogen-bond donors (Lipinski definition) is 0. The van der Waals surface area contributed by atoms with Gasteiger partial charge in [-0.1, -0.05) is 49.5 Å². The first-order valence-corrected chi connectivity index (χ1v) is 9.06. The fraction of sp³-hybridized carbons (Fsp3) is 1.00. The maximum absolute atomic E-state index is 3.81. The Morgan fingerprint density at radius 2 is 1.78 bits per heavy atom. The molecule has 1 saturated heterocycles. The van der Waals surface area contributed by atoms with Crippen LogP contribution in [0.3, 0.4) is 0 Å². The molecule has 0 bridgehead atoms. The number of likely N-dealkylation sites (tertiary alicyclic amines) is 1. The monoisotopic (exact) mass is 317 g/mol. The lowest BCUT2D eigenvalue weighted by molar-refractivity contribution is 0.150. The second-order valence-corrected chi connectivity index (χ2v) is 7.01. The van der Waals surface area contributed by atoms with Gasteiger partial charge in [-0.3, -0.25) is 0 Å². The van der Waals surface area contributed by atoms with Gasteiger partial charge in [-0.05, 0) is 56.5 Å². The first kappa shape index (κ1) is 16.5. The van der Waals surface area contributed by atoms with Gasteiger partial charge in [0.2, 0.25) is 0 Å². The molecule has 0 spiro atoms. The third-order valence-corrected chi connectivity index (χ3v) is 5.70. The van der Waals surface area contributed by atoms with Gasteiger partial charge in [0, 0.05) is 11.9 Å². The van der Waals surface area contributed by atoms with Crippen LogP contribution >= 0.6 is 15.9 Å². The Balaban J connectivity index is 2.57. The Morgan fingerprint density at radius 1 is 1.11 bits per heavy atom. The highest BCUT2D eigenvalue weighted by molar-refractivity contribution is 9.09. The molecule has 1 atom stereocenters. The second kappa shape index (κ2) is 8.58. The molecule has 1 unspecified atom stereocenters. The fourth-order valence-electron chi connectivity index (χ4n) is 3.47. The average molecular weight is 318 g/mol. The molecular weight excluding hydrogens is 286 g/mol. The lowest BCUT2D eigenvalue weighted by Gasteiger charge is -2.37. The Morgan fingerprint density at radius 3 is 2.33 bits per heavy atom. The molecule has 0 N–H and O–H groups in total. The Hall–Kier alpha value is 0.440. The van der Waals surface area contributed by atoms with Crippen LogP contribution in [0, 0.1) is 11.3 Å². The van der Waals surface area contributed by atoms with Crippen molar-refractivity contribution in [2.45, 2.75) is 65.7 Å². The van der Waals surface area contributed by atoms with E-state index < -0.39 is 0 Å². The first-order chi connectivity index (χ1) is 8.65. The van der Waals surface area contributed by atoms with Gasteiger partial charge < -0.3 is 4.90 Å². The van der Waals surface area contributed by atoms with Crippen molar-refractivity contribution in [2.75, 3.05) is 25.0 Å². The number of nitrogens with zero attached hydrogens (tertiary/aromatic N) is 1. The molecule has 108 valence electrons. The molecule has 18 heavy (non-hydrogen) atoms. The highest BCUT2D eigenvalue weighted by Crippen LogP contribution is 2.34. The van der Waals surface area contributed by atoms with Gasteiger partial charge in [0.05, 0.1) is 0 Å². The molecule has 0 aromatic rings. The van der Waals surface area contributed by atoms with Crippen molar-refractivity contribution in [2.24, 2.45) is 11.3 Å². The molecule has 0 aliphatic carbocycles. The molecule has 0 aromatic heterocycles. The second-order valence-electron chi connectivity index (χ2n) is 6.45. The summed E-state index contributed by atoms with van der Waals surface area (Å²) in [6.45, 7) is 11.0. The molecule has 1 fully saturated rings. The number of rotatable bonds is 7. The van der Waals surface area contributed by atoms with E-state index in [1.165, 1.54) is 69.9 Å². The SMILES string of the molecule is CCCC(CBr)(CCC)CN1CCCC(C)CC1. The summed E-state index contributed by atoms with van der Waals surface area (Å²) in [7, 11) is 0. The lowest BCUT2D eigenvalue weighted by Crippen LogP contribution is -2.39. The van der Waals surface area contributed by atoms with Crippen LogP contribution in [0.1, 0.15) is 65.7 Å². The van der Waals surface area contributed by atoms with Crippen LogP contribution in [0.15, 0.2) is 0 Å². The van der Waals surface area contributed by atoms with Crippen molar-refractivity contribution in [1.82, 2.24) is 4.90 Å². The van der Waals surface area contributed by atoms with Gasteiger partial charge in [-0.2, -0.15) is 0 Å². The maximum atomic E-state index is 3.81. The summed E-state index contributed by atoms with van der Waals surface area (Å²) in [5.74, 6) is 0.936. The summed E-state index contributed by atoms with van der Waals surface area (Å²) in [6.07, 6.45) is 9.61. The largest absolute Gasteiger partial charge is 0.303 e. The van der Waals surface area contributed by atoms with Crippen LogP contribution < -0.4 is 0 Å². The highest BCUT2D eigenvalue weighted by atomic mass is 79.9. The van der Waals surface area contributed by atoms with Gasteiger partial charge in [0.15, 0.2) is 0 Å². The third-order valence-electron chi connectivity index (χ3n) is 4.51.